The summed E-state index contributed by atoms with van der Waals surface area (Å²) in [6, 6.07) is 11.6. The first-order chi connectivity index (χ1) is 16.6. The van der Waals surface area contributed by atoms with Crippen LogP contribution in [0.25, 0.3) is 0 Å². The van der Waals surface area contributed by atoms with Crippen molar-refractivity contribution in [1.82, 2.24) is 5.32 Å². The third-order valence-electron chi connectivity index (χ3n) is 8.31. The molecule has 2 aromatic rings. The Morgan fingerprint density at radius 1 is 1.03 bits per heavy atom. The zero-order valence-electron chi connectivity index (χ0n) is 21.3. The van der Waals surface area contributed by atoms with Crippen molar-refractivity contribution in [1.29, 1.82) is 0 Å². The minimum atomic E-state index is -0.207. The highest BCUT2D eigenvalue weighted by atomic mass is 79.9. The molecule has 6 rings (SSSR count). The fourth-order valence-electron chi connectivity index (χ4n) is 7.89. The van der Waals surface area contributed by atoms with Crippen LogP contribution in [0.1, 0.15) is 63.5 Å². The number of amides is 1. The first kappa shape index (κ1) is 24.6. The molecule has 4 fully saturated rings. The third kappa shape index (κ3) is 5.24. The number of rotatable bonds is 8. The quantitative estimate of drug-likeness (QED) is 0.394. The first-order valence-electron chi connectivity index (χ1n) is 12.7. The van der Waals surface area contributed by atoms with E-state index in [9.17, 15) is 4.79 Å². The summed E-state index contributed by atoms with van der Waals surface area (Å²) >= 11 is 3.73. The number of halogens is 1. The lowest BCUT2D eigenvalue weighted by atomic mass is 9.43. The molecule has 2 unspecified atom stereocenters. The van der Waals surface area contributed by atoms with E-state index >= 15 is 0 Å². The Balaban J connectivity index is 1.23. The molecule has 4 saturated carbocycles. The van der Waals surface area contributed by atoms with Crippen molar-refractivity contribution in [3.05, 3.63) is 52.0 Å². The van der Waals surface area contributed by atoms with Gasteiger partial charge in [-0.2, -0.15) is 0 Å². The van der Waals surface area contributed by atoms with Crippen molar-refractivity contribution in [2.45, 2.75) is 71.4 Å². The summed E-state index contributed by atoms with van der Waals surface area (Å²) < 4.78 is 12.4. The maximum Gasteiger partial charge on any atom is 0.262 e. The number of nitrogens with one attached hydrogen (secondary N) is 2. The Kier molecular flexibility index (Phi) is 6.41. The minimum Gasteiger partial charge on any atom is -0.493 e. The molecule has 0 radical (unpaired) electrons. The Labute approximate surface area is 217 Å². The number of ether oxygens (including phenoxy) is 2. The van der Waals surface area contributed by atoms with E-state index in [4.69, 9.17) is 9.47 Å². The molecule has 0 heterocycles. The summed E-state index contributed by atoms with van der Waals surface area (Å²) in [5.74, 6) is 1.84. The number of hydrogen-bond acceptors (Lipinski definition) is 4. The van der Waals surface area contributed by atoms with E-state index in [-0.39, 0.29) is 18.1 Å². The van der Waals surface area contributed by atoms with Crippen LogP contribution in [0.2, 0.25) is 0 Å². The number of methoxy groups -OCH3 is 1. The van der Waals surface area contributed by atoms with Crippen molar-refractivity contribution < 1.29 is 14.3 Å². The molecule has 4 aliphatic rings. The van der Waals surface area contributed by atoms with Gasteiger partial charge in [0, 0.05) is 22.2 Å². The van der Waals surface area contributed by atoms with Crippen LogP contribution in [0.5, 0.6) is 11.5 Å². The van der Waals surface area contributed by atoms with Gasteiger partial charge in [0.25, 0.3) is 5.91 Å². The molecule has 0 aliphatic heterocycles. The van der Waals surface area contributed by atoms with E-state index in [0.717, 1.165) is 33.7 Å². The lowest BCUT2D eigenvalue weighted by Crippen LogP contribution is -2.63. The molecular formula is C29H37BrN2O3. The molecule has 2 atom stereocenters. The second kappa shape index (κ2) is 9.11. The summed E-state index contributed by atoms with van der Waals surface area (Å²) in [5.41, 5.74) is 4.24. The van der Waals surface area contributed by atoms with Crippen LogP contribution < -0.4 is 20.1 Å². The Bertz CT molecular complexity index is 1100. The number of carbonyl (C=O) groups is 1. The van der Waals surface area contributed by atoms with Gasteiger partial charge >= 0.3 is 0 Å². The van der Waals surface area contributed by atoms with Gasteiger partial charge in [0.05, 0.1) is 7.11 Å². The second-order valence-corrected chi connectivity index (χ2v) is 12.9. The van der Waals surface area contributed by atoms with E-state index in [0.29, 0.717) is 22.3 Å². The molecule has 0 aromatic heterocycles. The van der Waals surface area contributed by atoms with E-state index in [1.807, 2.05) is 43.3 Å². The molecule has 35 heavy (non-hydrogen) atoms. The van der Waals surface area contributed by atoms with Gasteiger partial charge in [-0.1, -0.05) is 47.5 Å². The number of benzene rings is 2. The van der Waals surface area contributed by atoms with Gasteiger partial charge < -0.3 is 20.1 Å². The van der Waals surface area contributed by atoms with E-state index in [1.165, 1.54) is 38.5 Å². The van der Waals surface area contributed by atoms with Crippen molar-refractivity contribution >= 4 is 27.5 Å². The van der Waals surface area contributed by atoms with Gasteiger partial charge in [-0.15, -0.1) is 0 Å². The average Bonchev–Trinajstić information content (AvgIpc) is 2.76. The number of aryl methyl sites for hydroxylation is 1. The summed E-state index contributed by atoms with van der Waals surface area (Å²) in [5, 5.41) is 6.86. The van der Waals surface area contributed by atoms with E-state index < -0.39 is 0 Å². The summed E-state index contributed by atoms with van der Waals surface area (Å²) in [6.07, 6.45) is 8.02. The fourth-order valence-corrected chi connectivity index (χ4v) is 8.35. The molecule has 6 heteroatoms. The van der Waals surface area contributed by atoms with E-state index in [2.05, 4.69) is 40.4 Å². The highest BCUT2D eigenvalue weighted by Gasteiger charge is 2.59. The molecule has 1 amide bonds. The maximum atomic E-state index is 12.4. The second-order valence-electron chi connectivity index (χ2n) is 12.1. The lowest BCUT2D eigenvalue weighted by Gasteiger charge is -2.65. The molecule has 0 saturated heterocycles. The zero-order chi connectivity index (χ0) is 24.8. The van der Waals surface area contributed by atoms with Gasteiger partial charge in [-0.3, -0.25) is 4.79 Å². The summed E-state index contributed by atoms with van der Waals surface area (Å²) in [7, 11) is 1.64. The van der Waals surface area contributed by atoms with Crippen molar-refractivity contribution in [3.8, 4) is 11.5 Å². The molecule has 4 aliphatic carbocycles. The topological polar surface area (TPSA) is 59.6 Å². The van der Waals surface area contributed by atoms with Crippen molar-refractivity contribution in [3.63, 3.8) is 0 Å². The lowest BCUT2D eigenvalue weighted by molar-refractivity contribution is -0.118. The molecule has 188 valence electrons. The zero-order valence-corrected chi connectivity index (χ0v) is 22.9. The summed E-state index contributed by atoms with van der Waals surface area (Å²) in [4.78, 5) is 12.4. The van der Waals surface area contributed by atoms with Gasteiger partial charge in [0.1, 0.15) is 0 Å². The third-order valence-corrected chi connectivity index (χ3v) is 9.05. The highest BCUT2D eigenvalue weighted by molar-refractivity contribution is 9.10. The molecule has 2 N–H and O–H groups in total. The Morgan fingerprint density at radius 3 is 2.34 bits per heavy atom. The highest BCUT2D eigenvalue weighted by Crippen LogP contribution is 2.66. The Morgan fingerprint density at radius 2 is 1.71 bits per heavy atom. The van der Waals surface area contributed by atoms with Crippen LogP contribution in [0, 0.1) is 23.7 Å². The van der Waals surface area contributed by atoms with Gasteiger partial charge in [-0.05, 0) is 92.0 Å². The summed E-state index contributed by atoms with van der Waals surface area (Å²) in [6.45, 7) is 7.72. The molecule has 0 spiro atoms. The van der Waals surface area contributed by atoms with Crippen LogP contribution in [-0.4, -0.2) is 25.2 Å². The molecule has 5 nitrogen and oxygen atoms in total. The standard InChI is InChI=1S/C29H37BrN2O3/c1-19-5-7-22(8-6-19)32-26(33)15-35-25-10-23(30)21(9-24(25)34-4)14-31-29-13-20-11-27(2,17-29)16-28(3,12-20)18-29/h5-10,20,31H,11-18H2,1-4H3,(H,32,33). The van der Waals surface area contributed by atoms with Crippen molar-refractivity contribution in [2.24, 2.45) is 16.7 Å². The normalized spacial score (nSPS) is 30.8. The maximum absolute atomic E-state index is 12.4. The monoisotopic (exact) mass is 540 g/mol. The number of carbonyl (C=O) groups excluding carboxylic acids is 1. The number of hydrogen-bond donors (Lipinski definition) is 2. The average molecular weight is 542 g/mol. The van der Waals surface area contributed by atoms with Gasteiger partial charge in [0.15, 0.2) is 18.1 Å². The van der Waals surface area contributed by atoms with Crippen LogP contribution in [0.3, 0.4) is 0 Å². The van der Waals surface area contributed by atoms with E-state index in [1.54, 1.807) is 7.11 Å². The van der Waals surface area contributed by atoms with Crippen LogP contribution in [0.15, 0.2) is 40.9 Å². The van der Waals surface area contributed by atoms with Crippen LogP contribution in [0.4, 0.5) is 5.69 Å². The largest absolute Gasteiger partial charge is 0.493 e. The number of anilines is 1. The minimum absolute atomic E-state index is 0.0874. The SMILES string of the molecule is COc1cc(CNC23CC4CC(C)(CC(C)(C4)C2)C3)c(Br)cc1OCC(=O)Nc1ccc(C)cc1. The molecule has 2 aromatic carbocycles. The first-order valence-corrected chi connectivity index (χ1v) is 13.5. The van der Waals surface area contributed by atoms with Gasteiger partial charge in [-0.25, -0.2) is 0 Å². The Hall–Kier alpha value is -2.05. The van der Waals surface area contributed by atoms with Crippen LogP contribution in [-0.2, 0) is 11.3 Å². The fraction of sp³-hybridized carbons (Fsp3) is 0.552. The molecular weight excluding hydrogens is 504 g/mol. The van der Waals surface area contributed by atoms with Gasteiger partial charge in [0.2, 0.25) is 0 Å². The smallest absolute Gasteiger partial charge is 0.262 e. The molecule has 4 bridgehead atoms. The predicted octanol–water partition coefficient (Wildman–Crippen LogP) is 6.62. The van der Waals surface area contributed by atoms with Crippen molar-refractivity contribution in [2.75, 3.05) is 19.0 Å². The predicted molar refractivity (Wildman–Crippen MR) is 143 cm³/mol. The van der Waals surface area contributed by atoms with Crippen LogP contribution >= 0.6 is 15.9 Å².